The fourth-order valence-electron chi connectivity index (χ4n) is 2.85. The van der Waals surface area contributed by atoms with Gasteiger partial charge in [-0.05, 0) is 19.8 Å². The molecule has 1 aromatic carbocycles. The van der Waals surface area contributed by atoms with Gasteiger partial charge in [-0.15, -0.1) is 0 Å². The molecule has 5 heteroatoms. The van der Waals surface area contributed by atoms with Crippen LogP contribution in [0.3, 0.4) is 0 Å². The second-order valence-corrected chi connectivity index (χ2v) is 5.79. The molecule has 0 radical (unpaired) electrons. The van der Waals surface area contributed by atoms with Crippen LogP contribution in [0, 0.1) is 0 Å². The third-order valence-electron chi connectivity index (χ3n) is 4.11. The molecule has 3 rings (SSSR count). The number of carbonyl (C=O) groups is 1. The fourth-order valence-corrected chi connectivity index (χ4v) is 2.85. The zero-order valence-electron chi connectivity index (χ0n) is 12.6. The highest BCUT2D eigenvalue weighted by Gasteiger charge is 2.28. The number of aromatic nitrogens is 2. The van der Waals surface area contributed by atoms with Crippen LogP contribution in [0.1, 0.15) is 30.1 Å². The first-order chi connectivity index (χ1) is 10.6. The molecule has 22 heavy (non-hydrogen) atoms. The van der Waals surface area contributed by atoms with E-state index in [1.165, 1.54) is 0 Å². The van der Waals surface area contributed by atoms with Gasteiger partial charge in [0.25, 0.3) is 5.91 Å². The Morgan fingerprint density at radius 1 is 1.23 bits per heavy atom. The molecule has 1 aliphatic heterocycles. The van der Waals surface area contributed by atoms with E-state index < -0.39 is 0 Å². The highest BCUT2D eigenvalue weighted by atomic mass is 16.2. The van der Waals surface area contributed by atoms with Gasteiger partial charge >= 0.3 is 0 Å². The molecule has 1 fully saturated rings. The van der Waals surface area contributed by atoms with Crippen LogP contribution in [0.15, 0.2) is 42.7 Å². The van der Waals surface area contributed by atoms with Crippen molar-refractivity contribution < 1.29 is 4.79 Å². The van der Waals surface area contributed by atoms with Gasteiger partial charge in [-0.3, -0.25) is 4.79 Å². The minimum Gasteiger partial charge on any atom is -0.336 e. The van der Waals surface area contributed by atoms with Crippen molar-refractivity contribution in [3.8, 4) is 11.4 Å². The lowest BCUT2D eigenvalue weighted by Gasteiger charge is -2.36. The SMILES string of the molecule is CC1CC(N)CCN1C(=O)c1cnc(-c2ccccc2)nc1. The summed E-state index contributed by atoms with van der Waals surface area (Å²) in [6, 6.07) is 10.1. The largest absolute Gasteiger partial charge is 0.336 e. The van der Waals surface area contributed by atoms with Gasteiger partial charge in [-0.2, -0.15) is 0 Å². The highest BCUT2D eigenvalue weighted by molar-refractivity contribution is 5.94. The van der Waals surface area contributed by atoms with E-state index >= 15 is 0 Å². The summed E-state index contributed by atoms with van der Waals surface area (Å²) in [6.45, 7) is 2.73. The van der Waals surface area contributed by atoms with Gasteiger partial charge in [0.2, 0.25) is 0 Å². The van der Waals surface area contributed by atoms with Crippen LogP contribution in [0.5, 0.6) is 0 Å². The summed E-state index contributed by atoms with van der Waals surface area (Å²) in [5.74, 6) is 0.616. The number of benzene rings is 1. The first-order valence-electron chi connectivity index (χ1n) is 7.59. The standard InChI is InChI=1S/C17H20N4O/c1-12-9-15(18)7-8-21(12)17(22)14-10-19-16(20-11-14)13-5-3-2-4-6-13/h2-6,10-12,15H,7-9,18H2,1H3. The summed E-state index contributed by atoms with van der Waals surface area (Å²) in [6.07, 6.45) is 4.91. The van der Waals surface area contributed by atoms with Gasteiger partial charge in [0, 0.05) is 36.6 Å². The molecule has 1 saturated heterocycles. The summed E-state index contributed by atoms with van der Waals surface area (Å²) in [7, 11) is 0. The number of nitrogens with zero attached hydrogens (tertiary/aromatic N) is 3. The van der Waals surface area contributed by atoms with Crippen molar-refractivity contribution in [1.29, 1.82) is 0 Å². The molecule has 0 aliphatic carbocycles. The quantitative estimate of drug-likeness (QED) is 0.921. The number of rotatable bonds is 2. The van der Waals surface area contributed by atoms with E-state index in [2.05, 4.69) is 9.97 Å². The van der Waals surface area contributed by atoms with Gasteiger partial charge < -0.3 is 10.6 Å². The lowest BCUT2D eigenvalue weighted by atomic mass is 9.98. The van der Waals surface area contributed by atoms with E-state index in [4.69, 9.17) is 5.73 Å². The molecule has 0 bridgehead atoms. The summed E-state index contributed by atoms with van der Waals surface area (Å²) in [4.78, 5) is 23.1. The average Bonchev–Trinajstić information content (AvgIpc) is 2.55. The van der Waals surface area contributed by atoms with Crippen molar-refractivity contribution in [2.45, 2.75) is 31.8 Å². The highest BCUT2D eigenvalue weighted by Crippen LogP contribution is 2.19. The number of carbonyl (C=O) groups excluding carboxylic acids is 1. The lowest BCUT2D eigenvalue weighted by Crippen LogP contribution is -2.48. The van der Waals surface area contributed by atoms with Gasteiger partial charge in [0.1, 0.15) is 0 Å². The van der Waals surface area contributed by atoms with E-state index in [9.17, 15) is 4.79 Å². The molecular weight excluding hydrogens is 276 g/mol. The smallest absolute Gasteiger partial charge is 0.257 e. The molecule has 2 aromatic rings. The van der Waals surface area contributed by atoms with Crippen molar-refractivity contribution in [3.05, 3.63) is 48.3 Å². The number of piperidine rings is 1. The van der Waals surface area contributed by atoms with Crippen LogP contribution < -0.4 is 5.73 Å². The summed E-state index contributed by atoms with van der Waals surface area (Å²) in [5.41, 5.74) is 7.42. The molecule has 0 spiro atoms. The zero-order valence-corrected chi connectivity index (χ0v) is 12.6. The first kappa shape index (κ1) is 14.7. The third kappa shape index (κ3) is 2.99. The molecule has 1 amide bonds. The van der Waals surface area contributed by atoms with Crippen LogP contribution in [-0.4, -0.2) is 39.4 Å². The topological polar surface area (TPSA) is 72.1 Å². The van der Waals surface area contributed by atoms with Crippen LogP contribution in [-0.2, 0) is 0 Å². The molecule has 1 aliphatic rings. The van der Waals surface area contributed by atoms with E-state index in [1.54, 1.807) is 12.4 Å². The number of amides is 1. The van der Waals surface area contributed by atoms with Crippen molar-refractivity contribution >= 4 is 5.91 Å². The third-order valence-corrected chi connectivity index (χ3v) is 4.11. The maximum absolute atomic E-state index is 12.6. The molecule has 2 unspecified atom stereocenters. The Morgan fingerprint density at radius 2 is 1.91 bits per heavy atom. The molecule has 0 saturated carbocycles. The maximum atomic E-state index is 12.6. The molecule has 2 heterocycles. The summed E-state index contributed by atoms with van der Waals surface area (Å²) in [5, 5.41) is 0. The zero-order chi connectivity index (χ0) is 15.5. The van der Waals surface area contributed by atoms with E-state index in [0.29, 0.717) is 17.9 Å². The van der Waals surface area contributed by atoms with Gasteiger partial charge in [-0.25, -0.2) is 9.97 Å². The van der Waals surface area contributed by atoms with Gasteiger partial charge in [0.05, 0.1) is 5.56 Å². The Hall–Kier alpha value is -2.27. The monoisotopic (exact) mass is 296 g/mol. The molecule has 114 valence electrons. The van der Waals surface area contributed by atoms with Gasteiger partial charge in [0.15, 0.2) is 5.82 Å². The number of likely N-dealkylation sites (tertiary alicyclic amines) is 1. The second kappa shape index (κ2) is 6.23. The maximum Gasteiger partial charge on any atom is 0.257 e. The first-order valence-corrected chi connectivity index (χ1v) is 7.59. The molecular formula is C17H20N4O. The Kier molecular flexibility index (Phi) is 4.15. The minimum absolute atomic E-state index is 0.0148. The van der Waals surface area contributed by atoms with E-state index in [-0.39, 0.29) is 18.0 Å². The van der Waals surface area contributed by atoms with Gasteiger partial charge in [-0.1, -0.05) is 30.3 Å². The van der Waals surface area contributed by atoms with Crippen molar-refractivity contribution in [1.82, 2.24) is 14.9 Å². The predicted molar refractivity (Wildman–Crippen MR) is 85.2 cm³/mol. The van der Waals surface area contributed by atoms with Crippen LogP contribution >= 0.6 is 0 Å². The fraction of sp³-hybridized carbons (Fsp3) is 0.353. The van der Waals surface area contributed by atoms with Crippen molar-refractivity contribution in [3.63, 3.8) is 0 Å². The van der Waals surface area contributed by atoms with Crippen LogP contribution in [0.2, 0.25) is 0 Å². The summed E-state index contributed by atoms with van der Waals surface area (Å²) < 4.78 is 0. The van der Waals surface area contributed by atoms with Crippen LogP contribution in [0.25, 0.3) is 11.4 Å². The lowest BCUT2D eigenvalue weighted by molar-refractivity contribution is 0.0618. The number of hydrogen-bond acceptors (Lipinski definition) is 4. The molecule has 2 atom stereocenters. The average molecular weight is 296 g/mol. The molecule has 1 aromatic heterocycles. The van der Waals surface area contributed by atoms with E-state index in [0.717, 1.165) is 18.4 Å². The Morgan fingerprint density at radius 3 is 2.55 bits per heavy atom. The number of nitrogens with two attached hydrogens (primary N) is 1. The normalized spacial score (nSPS) is 21.6. The van der Waals surface area contributed by atoms with Crippen LogP contribution in [0.4, 0.5) is 0 Å². The predicted octanol–water partition coefficient (Wildman–Crippen LogP) is 2.10. The van der Waals surface area contributed by atoms with E-state index in [1.807, 2.05) is 42.2 Å². The molecule has 2 N–H and O–H groups in total. The Bertz CT molecular complexity index is 641. The number of hydrogen-bond donors (Lipinski definition) is 1. The molecule has 5 nitrogen and oxygen atoms in total. The Labute approximate surface area is 130 Å². The van der Waals surface area contributed by atoms with Crippen molar-refractivity contribution in [2.75, 3.05) is 6.54 Å². The van der Waals surface area contributed by atoms with Crippen molar-refractivity contribution in [2.24, 2.45) is 5.73 Å². The summed E-state index contributed by atoms with van der Waals surface area (Å²) >= 11 is 0. The second-order valence-electron chi connectivity index (χ2n) is 5.79. The Balaban J connectivity index is 1.77. The minimum atomic E-state index is -0.0148.